The van der Waals surface area contributed by atoms with Gasteiger partial charge in [0.1, 0.15) is 0 Å². The minimum Gasteiger partial charge on any atom is -0.338 e. The first-order chi connectivity index (χ1) is 9.81. The van der Waals surface area contributed by atoms with Crippen LogP contribution in [0.4, 0.5) is 0 Å². The zero-order chi connectivity index (χ0) is 13.5. The highest BCUT2D eigenvalue weighted by Crippen LogP contribution is 2.33. The second-order valence-electron chi connectivity index (χ2n) is 5.74. The van der Waals surface area contributed by atoms with Gasteiger partial charge in [-0.15, -0.1) is 11.3 Å². The lowest BCUT2D eigenvalue weighted by atomic mass is 9.95. The third-order valence-corrected chi connectivity index (χ3v) is 5.47. The maximum Gasteiger partial charge on any atom is 0.241 e. The van der Waals surface area contributed by atoms with E-state index < -0.39 is 0 Å². The van der Waals surface area contributed by atoms with E-state index in [0.29, 0.717) is 11.9 Å². The number of hydrogen-bond donors (Lipinski definition) is 1. The van der Waals surface area contributed by atoms with Crippen LogP contribution in [-0.4, -0.2) is 40.7 Å². The molecule has 0 bridgehead atoms. The summed E-state index contributed by atoms with van der Waals surface area (Å²) >= 11 is 1.64. The van der Waals surface area contributed by atoms with E-state index in [1.165, 1.54) is 0 Å². The lowest BCUT2D eigenvalue weighted by Gasteiger charge is -2.22. The zero-order valence-corrected chi connectivity index (χ0v) is 12.3. The van der Waals surface area contributed by atoms with E-state index >= 15 is 0 Å². The largest absolute Gasteiger partial charge is 0.338 e. The highest BCUT2D eigenvalue weighted by Gasteiger charge is 2.42. The molecule has 0 spiro atoms. The van der Waals surface area contributed by atoms with E-state index in [4.69, 9.17) is 4.52 Å². The van der Waals surface area contributed by atoms with Crippen LogP contribution in [0.2, 0.25) is 0 Å². The fourth-order valence-electron chi connectivity index (χ4n) is 3.46. The van der Waals surface area contributed by atoms with Gasteiger partial charge in [0.05, 0.1) is 11.4 Å². The number of aromatic nitrogens is 2. The first kappa shape index (κ1) is 12.5. The van der Waals surface area contributed by atoms with Gasteiger partial charge in [0.15, 0.2) is 0 Å². The fraction of sp³-hybridized carbons (Fsp3) is 0.571. The lowest BCUT2D eigenvalue weighted by molar-refractivity contribution is 0.201. The van der Waals surface area contributed by atoms with Crippen LogP contribution in [0.25, 0.3) is 10.7 Å². The number of nitrogens with one attached hydrogen (secondary N) is 1. The van der Waals surface area contributed by atoms with Crippen molar-refractivity contribution in [2.24, 2.45) is 11.8 Å². The molecule has 2 aliphatic heterocycles. The molecule has 4 heterocycles. The van der Waals surface area contributed by atoms with Gasteiger partial charge in [-0.3, -0.25) is 4.90 Å². The van der Waals surface area contributed by atoms with Crippen molar-refractivity contribution in [2.45, 2.75) is 19.5 Å². The van der Waals surface area contributed by atoms with Gasteiger partial charge in [0, 0.05) is 12.6 Å². The molecule has 106 valence electrons. The molecular weight excluding hydrogens is 272 g/mol. The second kappa shape index (κ2) is 4.95. The van der Waals surface area contributed by atoms with Gasteiger partial charge < -0.3 is 9.84 Å². The number of nitrogens with zero attached hydrogens (tertiary/aromatic N) is 3. The number of thiophene rings is 1. The van der Waals surface area contributed by atoms with Crippen molar-refractivity contribution in [3.8, 4) is 10.7 Å². The smallest absolute Gasteiger partial charge is 0.241 e. The van der Waals surface area contributed by atoms with Gasteiger partial charge in [-0.2, -0.15) is 4.98 Å². The number of hydrogen-bond acceptors (Lipinski definition) is 6. The number of likely N-dealkylation sites (tertiary alicyclic amines) is 1. The van der Waals surface area contributed by atoms with E-state index in [1.54, 1.807) is 11.3 Å². The summed E-state index contributed by atoms with van der Waals surface area (Å²) in [6.45, 7) is 6.51. The Balaban J connectivity index is 1.47. The molecule has 20 heavy (non-hydrogen) atoms. The van der Waals surface area contributed by atoms with Gasteiger partial charge in [0.2, 0.25) is 11.7 Å². The molecular formula is C14H18N4OS. The molecule has 2 aliphatic rings. The molecule has 5 nitrogen and oxygen atoms in total. The molecule has 2 aromatic rings. The molecule has 0 saturated carbocycles. The quantitative estimate of drug-likeness (QED) is 0.935. The Morgan fingerprint density at radius 1 is 1.50 bits per heavy atom. The van der Waals surface area contributed by atoms with Gasteiger partial charge in [-0.25, -0.2) is 0 Å². The standard InChI is InChI=1S/C14H18N4OS/c1-9-11-6-15-5-10(11)7-18(9)8-13-16-14(17-19-13)12-3-2-4-20-12/h2-4,9-11,15H,5-8H2,1H3. The van der Waals surface area contributed by atoms with Gasteiger partial charge in [-0.05, 0) is 43.3 Å². The SMILES string of the molecule is CC1C2CNCC2CN1Cc1nc(-c2cccs2)no1. The van der Waals surface area contributed by atoms with Crippen LogP contribution < -0.4 is 5.32 Å². The summed E-state index contributed by atoms with van der Waals surface area (Å²) in [7, 11) is 0. The minimum atomic E-state index is 0.590. The van der Waals surface area contributed by atoms with Crippen molar-refractivity contribution in [3.63, 3.8) is 0 Å². The molecule has 0 aliphatic carbocycles. The summed E-state index contributed by atoms with van der Waals surface area (Å²) in [4.78, 5) is 8.06. The number of rotatable bonds is 3. The Bertz CT molecular complexity index is 582. The third-order valence-electron chi connectivity index (χ3n) is 4.60. The molecule has 0 radical (unpaired) electrons. The Morgan fingerprint density at radius 2 is 2.45 bits per heavy atom. The van der Waals surface area contributed by atoms with Crippen molar-refractivity contribution in [1.29, 1.82) is 0 Å². The molecule has 2 aromatic heterocycles. The Hall–Kier alpha value is -1.24. The summed E-state index contributed by atoms with van der Waals surface area (Å²) in [5.74, 6) is 3.00. The summed E-state index contributed by atoms with van der Waals surface area (Å²) in [5.41, 5.74) is 0. The van der Waals surface area contributed by atoms with Crippen LogP contribution >= 0.6 is 11.3 Å². The van der Waals surface area contributed by atoms with Crippen LogP contribution in [0, 0.1) is 11.8 Å². The van der Waals surface area contributed by atoms with E-state index in [9.17, 15) is 0 Å². The fourth-order valence-corrected chi connectivity index (χ4v) is 4.11. The Morgan fingerprint density at radius 3 is 3.25 bits per heavy atom. The second-order valence-corrected chi connectivity index (χ2v) is 6.69. The molecule has 4 rings (SSSR count). The van der Waals surface area contributed by atoms with Gasteiger partial charge in [0.25, 0.3) is 0 Å². The highest BCUT2D eigenvalue weighted by molar-refractivity contribution is 7.13. The van der Waals surface area contributed by atoms with Crippen molar-refractivity contribution >= 4 is 11.3 Å². The number of fused-ring (bicyclic) bond motifs is 1. The molecule has 0 amide bonds. The third kappa shape index (κ3) is 2.08. The summed E-state index contributed by atoms with van der Waals surface area (Å²) in [6.07, 6.45) is 0. The monoisotopic (exact) mass is 290 g/mol. The van der Waals surface area contributed by atoms with Crippen molar-refractivity contribution < 1.29 is 4.52 Å². The average molecular weight is 290 g/mol. The van der Waals surface area contributed by atoms with Crippen molar-refractivity contribution in [3.05, 3.63) is 23.4 Å². The maximum atomic E-state index is 5.41. The van der Waals surface area contributed by atoms with E-state index in [1.807, 2.05) is 17.5 Å². The summed E-state index contributed by atoms with van der Waals surface area (Å²) in [5, 5.41) is 9.60. The van der Waals surface area contributed by atoms with Crippen LogP contribution in [0.3, 0.4) is 0 Å². The Kier molecular flexibility index (Phi) is 3.09. The van der Waals surface area contributed by atoms with Crippen molar-refractivity contribution in [2.75, 3.05) is 19.6 Å². The predicted molar refractivity (Wildman–Crippen MR) is 77.3 cm³/mol. The molecule has 3 atom stereocenters. The molecule has 6 heteroatoms. The van der Waals surface area contributed by atoms with E-state index in [-0.39, 0.29) is 0 Å². The predicted octanol–water partition coefficient (Wildman–Crippen LogP) is 1.84. The van der Waals surface area contributed by atoms with Gasteiger partial charge in [-0.1, -0.05) is 11.2 Å². The van der Waals surface area contributed by atoms with Gasteiger partial charge >= 0.3 is 0 Å². The maximum absolute atomic E-state index is 5.41. The average Bonchev–Trinajstić information content (AvgIpc) is 3.19. The topological polar surface area (TPSA) is 54.2 Å². The van der Waals surface area contributed by atoms with Crippen LogP contribution in [-0.2, 0) is 6.54 Å². The molecule has 2 fully saturated rings. The van der Waals surface area contributed by atoms with Crippen LogP contribution in [0.1, 0.15) is 12.8 Å². The van der Waals surface area contributed by atoms with E-state index in [0.717, 1.165) is 48.8 Å². The normalized spacial score (nSPS) is 29.9. The Labute approximate surface area is 122 Å². The first-order valence-electron chi connectivity index (χ1n) is 7.12. The summed E-state index contributed by atoms with van der Waals surface area (Å²) < 4.78 is 5.41. The lowest BCUT2D eigenvalue weighted by Crippen LogP contribution is -2.32. The van der Waals surface area contributed by atoms with Crippen LogP contribution in [0.15, 0.2) is 22.0 Å². The van der Waals surface area contributed by atoms with E-state index in [2.05, 4.69) is 27.3 Å². The molecule has 1 N–H and O–H groups in total. The summed E-state index contributed by atoms with van der Waals surface area (Å²) in [6, 6.07) is 4.62. The van der Waals surface area contributed by atoms with Crippen LogP contribution in [0.5, 0.6) is 0 Å². The molecule has 0 aromatic carbocycles. The first-order valence-corrected chi connectivity index (χ1v) is 8.00. The minimum absolute atomic E-state index is 0.590. The van der Waals surface area contributed by atoms with Crippen molar-refractivity contribution in [1.82, 2.24) is 20.4 Å². The molecule has 3 unspecified atom stereocenters. The molecule has 2 saturated heterocycles. The highest BCUT2D eigenvalue weighted by atomic mass is 32.1. The zero-order valence-electron chi connectivity index (χ0n) is 11.5.